The smallest absolute Gasteiger partial charge is 0.338 e. The number of fused-ring (bicyclic) bond motifs is 2. The highest BCUT2D eigenvalue weighted by Gasteiger charge is 2.37. The number of benzene rings is 3. The lowest BCUT2D eigenvalue weighted by atomic mass is 9.96. The lowest BCUT2D eigenvalue weighted by Crippen LogP contribution is -2.41. The molecule has 6 rings (SSSR count). The van der Waals surface area contributed by atoms with Crippen LogP contribution in [-0.2, 0) is 20.9 Å². The molecule has 1 aromatic heterocycles. The number of esters is 1. The molecular formula is C33H26ClN3O5S. The van der Waals surface area contributed by atoms with Crippen LogP contribution in [0.4, 0.5) is 5.69 Å². The third kappa shape index (κ3) is 5.00. The Kier molecular flexibility index (Phi) is 7.60. The van der Waals surface area contributed by atoms with Crippen LogP contribution in [0.5, 0.6) is 5.75 Å². The molecule has 2 aliphatic rings. The van der Waals surface area contributed by atoms with Crippen molar-refractivity contribution in [2.24, 2.45) is 4.99 Å². The Morgan fingerprint density at radius 2 is 1.79 bits per heavy atom. The minimum Gasteiger partial charge on any atom is -0.497 e. The van der Waals surface area contributed by atoms with Gasteiger partial charge in [-0.05, 0) is 48.4 Å². The molecule has 0 saturated carbocycles. The number of hydrogen-bond donors (Lipinski definition) is 0. The zero-order chi connectivity index (χ0) is 30.2. The van der Waals surface area contributed by atoms with Crippen LogP contribution < -0.4 is 24.5 Å². The van der Waals surface area contributed by atoms with Crippen LogP contribution in [0, 0.1) is 0 Å². The van der Waals surface area contributed by atoms with Crippen LogP contribution in [-0.4, -0.2) is 30.2 Å². The highest BCUT2D eigenvalue weighted by Crippen LogP contribution is 2.37. The number of carbonyl (C=O) groups excluding carboxylic acids is 2. The first kappa shape index (κ1) is 28.4. The molecule has 0 saturated heterocycles. The summed E-state index contributed by atoms with van der Waals surface area (Å²) in [6, 6.07) is 21.0. The first-order chi connectivity index (χ1) is 20.8. The first-order valence-electron chi connectivity index (χ1n) is 13.4. The Hall–Kier alpha value is -4.73. The first-order valence-corrected chi connectivity index (χ1v) is 14.6. The summed E-state index contributed by atoms with van der Waals surface area (Å²) >= 11 is 7.21. The van der Waals surface area contributed by atoms with E-state index in [1.54, 1.807) is 55.3 Å². The van der Waals surface area contributed by atoms with Crippen molar-refractivity contribution in [3.8, 4) is 5.75 Å². The van der Waals surface area contributed by atoms with E-state index >= 15 is 0 Å². The highest BCUT2D eigenvalue weighted by atomic mass is 35.5. The number of anilines is 1. The van der Waals surface area contributed by atoms with Gasteiger partial charge in [0.05, 0.1) is 42.2 Å². The predicted octanol–water partition coefficient (Wildman–Crippen LogP) is 4.54. The summed E-state index contributed by atoms with van der Waals surface area (Å²) in [5.74, 6) is -0.260. The standard InChI is InChI=1S/C33H26ClN3O5S/c1-4-17-42-32(40)26-19(2)35-33-37(28(26)21-11-15-23(41-3)16-12-21)31(39)29(43-33)27-24-7-5-6-8-25(24)36(30(27)38)18-20-9-13-22(34)14-10-20/h4-16,28H,1,17-18H2,2-3H3. The third-order valence-electron chi connectivity index (χ3n) is 7.39. The summed E-state index contributed by atoms with van der Waals surface area (Å²) in [7, 11) is 1.56. The number of rotatable bonds is 7. The molecule has 1 atom stereocenters. The van der Waals surface area contributed by atoms with Crippen LogP contribution in [0.2, 0.25) is 5.02 Å². The summed E-state index contributed by atoms with van der Waals surface area (Å²) in [6.07, 6.45) is 1.48. The predicted molar refractivity (Wildman–Crippen MR) is 166 cm³/mol. The van der Waals surface area contributed by atoms with Gasteiger partial charge in [0, 0.05) is 10.6 Å². The molecule has 0 bridgehead atoms. The van der Waals surface area contributed by atoms with Gasteiger partial charge >= 0.3 is 5.97 Å². The largest absolute Gasteiger partial charge is 0.497 e. The van der Waals surface area contributed by atoms with Crippen molar-refractivity contribution >= 4 is 46.1 Å². The maximum atomic E-state index is 14.3. The number of nitrogens with zero attached hydrogens (tertiary/aromatic N) is 3. The Balaban J connectivity index is 1.55. The van der Waals surface area contributed by atoms with E-state index in [4.69, 9.17) is 21.1 Å². The summed E-state index contributed by atoms with van der Waals surface area (Å²) in [6.45, 7) is 5.65. The van der Waals surface area contributed by atoms with Crippen LogP contribution in [0.3, 0.4) is 0 Å². The summed E-state index contributed by atoms with van der Waals surface area (Å²) in [4.78, 5) is 48.4. The lowest BCUT2D eigenvalue weighted by molar-refractivity contribution is -0.138. The van der Waals surface area contributed by atoms with Crippen molar-refractivity contribution in [2.75, 3.05) is 18.6 Å². The molecule has 0 fully saturated rings. The maximum Gasteiger partial charge on any atom is 0.338 e. The number of methoxy groups -OCH3 is 1. The molecule has 216 valence electrons. The topological polar surface area (TPSA) is 90.2 Å². The summed E-state index contributed by atoms with van der Waals surface area (Å²) in [5.41, 5.74) is 3.48. The molecule has 1 unspecified atom stereocenters. The number of carbonyl (C=O) groups is 2. The van der Waals surface area contributed by atoms with Crippen molar-refractivity contribution in [1.82, 2.24) is 4.57 Å². The van der Waals surface area contributed by atoms with Gasteiger partial charge in [0.2, 0.25) is 0 Å². The van der Waals surface area contributed by atoms with Gasteiger partial charge in [-0.15, -0.1) is 0 Å². The number of amides is 1. The van der Waals surface area contributed by atoms with E-state index in [0.29, 0.717) is 50.2 Å². The molecule has 3 heterocycles. The SMILES string of the molecule is C=CCOC(=O)C1=C(C)N=c2sc(=C3C(=O)N(Cc4ccc(Cl)cc4)c4ccccc43)c(=O)n2C1c1ccc(OC)cc1. The van der Waals surface area contributed by atoms with Crippen molar-refractivity contribution in [3.63, 3.8) is 0 Å². The fourth-order valence-corrected chi connectivity index (χ4v) is 6.64. The van der Waals surface area contributed by atoms with E-state index in [1.807, 2.05) is 36.4 Å². The molecule has 0 radical (unpaired) electrons. The molecule has 0 N–H and O–H groups in total. The second-order valence-corrected chi connectivity index (χ2v) is 11.4. The number of halogens is 1. The van der Waals surface area contributed by atoms with E-state index < -0.39 is 17.6 Å². The monoisotopic (exact) mass is 611 g/mol. The number of para-hydroxylation sites is 1. The van der Waals surface area contributed by atoms with Crippen LogP contribution in [0.25, 0.3) is 5.57 Å². The molecule has 2 aliphatic heterocycles. The second-order valence-electron chi connectivity index (χ2n) is 9.97. The minimum atomic E-state index is -0.828. The minimum absolute atomic E-state index is 0.00819. The average Bonchev–Trinajstić information content (AvgIpc) is 3.48. The van der Waals surface area contributed by atoms with Crippen molar-refractivity contribution < 1.29 is 19.1 Å². The number of hydrogen-bond acceptors (Lipinski definition) is 7. The van der Waals surface area contributed by atoms with Crippen LogP contribution >= 0.6 is 22.9 Å². The Morgan fingerprint density at radius 1 is 1.07 bits per heavy atom. The Bertz CT molecular complexity index is 1990. The fraction of sp³-hybridized carbons (Fsp3) is 0.152. The quantitative estimate of drug-likeness (QED) is 0.226. The molecule has 0 aliphatic carbocycles. The maximum absolute atomic E-state index is 14.3. The zero-order valence-corrected chi connectivity index (χ0v) is 24.9. The van der Waals surface area contributed by atoms with E-state index in [2.05, 4.69) is 11.6 Å². The van der Waals surface area contributed by atoms with Crippen molar-refractivity contribution in [2.45, 2.75) is 19.5 Å². The Labute approximate surface area is 256 Å². The zero-order valence-electron chi connectivity index (χ0n) is 23.4. The second kappa shape index (κ2) is 11.5. The summed E-state index contributed by atoms with van der Waals surface area (Å²) in [5, 5.41) is 0.605. The fourth-order valence-electron chi connectivity index (χ4n) is 5.38. The number of ether oxygens (including phenoxy) is 2. The molecule has 10 heteroatoms. The van der Waals surface area contributed by atoms with Gasteiger partial charge in [0.1, 0.15) is 16.9 Å². The van der Waals surface area contributed by atoms with Gasteiger partial charge in [-0.2, -0.15) is 0 Å². The third-order valence-corrected chi connectivity index (χ3v) is 8.69. The molecule has 1 amide bonds. The van der Waals surface area contributed by atoms with Gasteiger partial charge in [-0.25, -0.2) is 9.79 Å². The normalized spacial score (nSPS) is 16.9. The molecule has 8 nitrogen and oxygen atoms in total. The highest BCUT2D eigenvalue weighted by molar-refractivity contribution is 7.07. The Morgan fingerprint density at radius 3 is 2.49 bits per heavy atom. The van der Waals surface area contributed by atoms with E-state index in [-0.39, 0.29) is 22.6 Å². The summed E-state index contributed by atoms with van der Waals surface area (Å²) < 4.78 is 12.5. The van der Waals surface area contributed by atoms with Crippen LogP contribution in [0.1, 0.15) is 29.7 Å². The molecule has 3 aromatic carbocycles. The van der Waals surface area contributed by atoms with E-state index in [0.717, 1.165) is 16.9 Å². The number of aromatic nitrogens is 1. The van der Waals surface area contributed by atoms with Crippen LogP contribution in [0.15, 0.2) is 107 Å². The molecular weight excluding hydrogens is 586 g/mol. The molecule has 43 heavy (non-hydrogen) atoms. The van der Waals surface area contributed by atoms with Gasteiger partial charge in [-0.1, -0.05) is 78.1 Å². The van der Waals surface area contributed by atoms with E-state index in [9.17, 15) is 14.4 Å². The van der Waals surface area contributed by atoms with Gasteiger partial charge in [-0.3, -0.25) is 14.2 Å². The molecule has 4 aromatic rings. The lowest BCUT2D eigenvalue weighted by Gasteiger charge is -2.24. The van der Waals surface area contributed by atoms with Gasteiger partial charge in [0.25, 0.3) is 11.5 Å². The van der Waals surface area contributed by atoms with Crippen molar-refractivity contribution in [1.29, 1.82) is 0 Å². The number of allylic oxidation sites excluding steroid dienone is 1. The van der Waals surface area contributed by atoms with Gasteiger partial charge < -0.3 is 14.4 Å². The average molecular weight is 612 g/mol. The van der Waals surface area contributed by atoms with Crippen molar-refractivity contribution in [3.05, 3.63) is 138 Å². The number of thiazole rings is 1. The molecule has 0 spiro atoms. The van der Waals surface area contributed by atoms with Gasteiger partial charge in [0.15, 0.2) is 4.80 Å². The van der Waals surface area contributed by atoms with E-state index in [1.165, 1.54) is 10.6 Å².